The Kier molecular flexibility index (Phi) is 5.97. The fourth-order valence-electron chi connectivity index (χ4n) is 4.81. The molecule has 5 rings (SSSR count). The van der Waals surface area contributed by atoms with Crippen LogP contribution in [-0.2, 0) is 26.7 Å². The van der Waals surface area contributed by atoms with E-state index >= 15 is 4.39 Å². The predicted molar refractivity (Wildman–Crippen MR) is 126 cm³/mol. The van der Waals surface area contributed by atoms with Gasteiger partial charge in [0.15, 0.2) is 15.5 Å². The van der Waals surface area contributed by atoms with Crippen molar-refractivity contribution in [2.75, 3.05) is 23.9 Å². The number of carbonyl (C=O) groups is 2. The molecule has 0 aliphatic carbocycles. The molecular formula is C24H21F3N4O5S. The molecule has 0 radical (unpaired) electrons. The summed E-state index contributed by atoms with van der Waals surface area (Å²) in [5, 5.41) is 9.75. The molecule has 37 heavy (non-hydrogen) atoms. The topological polar surface area (TPSA) is 119 Å². The van der Waals surface area contributed by atoms with Gasteiger partial charge in [-0.15, -0.1) is 0 Å². The van der Waals surface area contributed by atoms with Crippen LogP contribution in [0.1, 0.15) is 28.9 Å². The van der Waals surface area contributed by atoms with Crippen LogP contribution >= 0.6 is 0 Å². The van der Waals surface area contributed by atoms with Gasteiger partial charge in [-0.25, -0.2) is 21.6 Å². The number of hydrogen-bond acceptors (Lipinski definition) is 6. The molecule has 0 saturated carbocycles. The van der Waals surface area contributed by atoms with Crippen molar-refractivity contribution in [1.29, 1.82) is 0 Å². The number of nitrogens with one attached hydrogen (secondary N) is 2. The molecule has 0 unspecified atom stereocenters. The lowest BCUT2D eigenvalue weighted by Crippen LogP contribution is -2.54. The van der Waals surface area contributed by atoms with Gasteiger partial charge in [0.1, 0.15) is 40.3 Å². The lowest BCUT2D eigenvalue weighted by Gasteiger charge is -2.38. The number of sulfone groups is 1. The van der Waals surface area contributed by atoms with Crippen molar-refractivity contribution in [1.82, 2.24) is 15.1 Å². The summed E-state index contributed by atoms with van der Waals surface area (Å²) in [6.45, 7) is 0.0796. The molecular weight excluding hydrogens is 513 g/mol. The molecule has 0 fully saturated rings. The molecule has 13 heteroatoms. The van der Waals surface area contributed by atoms with E-state index in [2.05, 4.69) is 15.7 Å². The van der Waals surface area contributed by atoms with Crippen molar-refractivity contribution in [2.45, 2.75) is 24.9 Å². The lowest BCUT2D eigenvalue weighted by molar-refractivity contribution is -0.113. The Morgan fingerprint density at radius 1 is 1.19 bits per heavy atom. The van der Waals surface area contributed by atoms with Crippen LogP contribution in [0.4, 0.5) is 18.9 Å². The summed E-state index contributed by atoms with van der Waals surface area (Å²) in [6.07, 6.45) is 1.55. The molecule has 1 spiro atoms. The number of carbonyl (C=O) groups excluding carboxylic acids is 2. The minimum atomic E-state index is -3.69. The maximum absolute atomic E-state index is 15.1. The third kappa shape index (κ3) is 4.66. The highest BCUT2D eigenvalue weighted by Crippen LogP contribution is 2.44. The van der Waals surface area contributed by atoms with Crippen LogP contribution in [-0.4, -0.2) is 48.6 Å². The minimum absolute atomic E-state index is 0.0214. The molecule has 2 N–H and O–H groups in total. The Balaban J connectivity index is 1.65. The van der Waals surface area contributed by atoms with Gasteiger partial charge in [0.2, 0.25) is 5.91 Å². The zero-order valence-corrected chi connectivity index (χ0v) is 20.3. The quantitative estimate of drug-likeness (QED) is 0.532. The van der Waals surface area contributed by atoms with Gasteiger partial charge in [0.05, 0.1) is 24.3 Å². The molecule has 3 heterocycles. The number of halogens is 3. The maximum atomic E-state index is 15.1. The van der Waals surface area contributed by atoms with E-state index < -0.39 is 50.4 Å². The summed E-state index contributed by atoms with van der Waals surface area (Å²) in [6, 6.07) is 6.87. The SMILES string of the molecule is CS(=O)(=O)CC(=O)Nc1c(-c2ccc(F)cc2)nn2c1C(=O)N[C@@]1(CCCOc3cc(F)cc(F)c31)C2. The van der Waals surface area contributed by atoms with Crippen molar-refractivity contribution in [3.8, 4) is 17.0 Å². The predicted octanol–water partition coefficient (Wildman–Crippen LogP) is 2.76. The highest BCUT2D eigenvalue weighted by Gasteiger charge is 2.46. The first-order valence-corrected chi connectivity index (χ1v) is 13.3. The fraction of sp³-hybridized carbons (Fsp3) is 0.292. The van der Waals surface area contributed by atoms with E-state index in [4.69, 9.17) is 4.74 Å². The Hall–Kier alpha value is -3.87. The molecule has 1 aromatic heterocycles. The second-order valence-corrected chi connectivity index (χ2v) is 11.2. The molecule has 2 amide bonds. The van der Waals surface area contributed by atoms with Crippen LogP contribution in [0.3, 0.4) is 0 Å². The molecule has 3 aromatic rings. The van der Waals surface area contributed by atoms with Crippen LogP contribution in [0.15, 0.2) is 36.4 Å². The average molecular weight is 535 g/mol. The van der Waals surface area contributed by atoms with Crippen LogP contribution in [0.25, 0.3) is 11.3 Å². The maximum Gasteiger partial charge on any atom is 0.272 e. The van der Waals surface area contributed by atoms with Crippen molar-refractivity contribution in [2.24, 2.45) is 0 Å². The molecule has 0 bridgehead atoms. The minimum Gasteiger partial charge on any atom is -0.493 e. The first-order chi connectivity index (χ1) is 17.5. The van der Waals surface area contributed by atoms with E-state index in [0.29, 0.717) is 18.1 Å². The Morgan fingerprint density at radius 3 is 2.62 bits per heavy atom. The van der Waals surface area contributed by atoms with Crippen molar-refractivity contribution >= 4 is 27.3 Å². The van der Waals surface area contributed by atoms with E-state index in [-0.39, 0.29) is 48.0 Å². The van der Waals surface area contributed by atoms with Gasteiger partial charge in [-0.3, -0.25) is 14.3 Å². The van der Waals surface area contributed by atoms with Gasteiger partial charge >= 0.3 is 0 Å². The van der Waals surface area contributed by atoms with Crippen molar-refractivity contribution in [3.63, 3.8) is 0 Å². The van der Waals surface area contributed by atoms with Gasteiger partial charge in [0.25, 0.3) is 5.91 Å². The lowest BCUT2D eigenvalue weighted by atomic mass is 9.83. The second-order valence-electron chi connectivity index (χ2n) is 9.10. The first-order valence-electron chi connectivity index (χ1n) is 11.2. The van der Waals surface area contributed by atoms with Crippen LogP contribution in [0.2, 0.25) is 0 Å². The summed E-state index contributed by atoms with van der Waals surface area (Å²) >= 11 is 0. The smallest absolute Gasteiger partial charge is 0.272 e. The highest BCUT2D eigenvalue weighted by atomic mass is 32.2. The van der Waals surface area contributed by atoms with Gasteiger partial charge in [-0.1, -0.05) is 0 Å². The van der Waals surface area contributed by atoms with E-state index in [1.807, 2.05) is 0 Å². The van der Waals surface area contributed by atoms with Crippen molar-refractivity contribution in [3.05, 3.63) is 65.1 Å². The normalized spacial score (nSPS) is 18.9. The number of hydrogen-bond donors (Lipinski definition) is 2. The number of aromatic nitrogens is 2. The average Bonchev–Trinajstić information content (AvgIpc) is 3.03. The number of ether oxygens (including phenoxy) is 1. The molecule has 2 aliphatic rings. The standard InChI is InChI=1S/C24H21F3N4O5S/c1-37(34,35)11-18(32)28-21-20(13-3-5-14(25)6-4-13)30-31-12-24(29-23(33)22(21)31)7-2-8-36-17-10-15(26)9-16(27)19(17)24/h3-6,9-10H,2,7-8,11-12H2,1H3,(H,28,32)(H,29,33)/t24-/m0/s1. The van der Waals surface area contributed by atoms with Gasteiger partial charge < -0.3 is 15.4 Å². The van der Waals surface area contributed by atoms with Crippen molar-refractivity contribution < 1.29 is 35.9 Å². The number of rotatable bonds is 4. The highest BCUT2D eigenvalue weighted by molar-refractivity contribution is 7.91. The Morgan fingerprint density at radius 2 is 1.92 bits per heavy atom. The molecule has 9 nitrogen and oxygen atoms in total. The molecule has 0 saturated heterocycles. The summed E-state index contributed by atoms with van der Waals surface area (Å²) in [5.41, 5.74) is -1.09. The Bertz CT molecular complexity index is 1540. The number of amides is 2. The van der Waals surface area contributed by atoms with E-state index in [9.17, 15) is 26.8 Å². The van der Waals surface area contributed by atoms with Gasteiger partial charge in [-0.05, 0) is 37.1 Å². The molecule has 2 aromatic carbocycles. The van der Waals surface area contributed by atoms with Crippen LogP contribution in [0, 0.1) is 17.5 Å². The second kappa shape index (κ2) is 8.91. The third-order valence-corrected chi connectivity index (χ3v) is 7.00. The summed E-state index contributed by atoms with van der Waals surface area (Å²) in [4.78, 5) is 26.0. The summed E-state index contributed by atoms with van der Waals surface area (Å²) in [5.74, 6) is -4.75. The summed E-state index contributed by atoms with van der Waals surface area (Å²) in [7, 11) is -3.69. The zero-order valence-electron chi connectivity index (χ0n) is 19.5. The molecule has 194 valence electrons. The molecule has 1 atom stereocenters. The number of anilines is 1. The van der Waals surface area contributed by atoms with E-state index in [1.54, 1.807) is 0 Å². The van der Waals surface area contributed by atoms with Crippen LogP contribution in [0.5, 0.6) is 5.75 Å². The first kappa shape index (κ1) is 24.8. The monoisotopic (exact) mass is 534 g/mol. The number of nitrogens with zero attached hydrogens (tertiary/aromatic N) is 2. The van der Waals surface area contributed by atoms with Gasteiger partial charge in [-0.2, -0.15) is 5.10 Å². The zero-order chi connectivity index (χ0) is 26.5. The molecule has 2 aliphatic heterocycles. The fourth-order valence-corrected chi connectivity index (χ4v) is 5.36. The third-order valence-electron chi connectivity index (χ3n) is 6.22. The number of fused-ring (bicyclic) bond motifs is 3. The summed E-state index contributed by atoms with van der Waals surface area (Å²) < 4.78 is 72.8. The van der Waals surface area contributed by atoms with Crippen LogP contribution < -0.4 is 15.4 Å². The Labute approximate surface area is 209 Å². The van der Waals surface area contributed by atoms with Gasteiger partial charge in [0, 0.05) is 24.0 Å². The number of benzene rings is 2. The van der Waals surface area contributed by atoms with E-state index in [0.717, 1.165) is 12.3 Å². The van der Waals surface area contributed by atoms with E-state index in [1.165, 1.54) is 28.9 Å². The largest absolute Gasteiger partial charge is 0.493 e.